The summed E-state index contributed by atoms with van der Waals surface area (Å²) in [7, 11) is 1.58. The quantitative estimate of drug-likeness (QED) is 0.790. The standard InChI is InChI=1S/C19H23NO2/c1-14(17-7-5-4-6-8-17)12-20-13-16-9-10-19(22-3)18(11-16)15(2)21/h4-11,14,20H,12-13H2,1-3H3. The van der Waals surface area contributed by atoms with Gasteiger partial charge in [-0.1, -0.05) is 43.3 Å². The molecule has 3 nitrogen and oxygen atoms in total. The minimum absolute atomic E-state index is 0.0244. The molecule has 0 bridgehead atoms. The number of nitrogens with one attached hydrogen (secondary N) is 1. The maximum atomic E-state index is 11.6. The van der Waals surface area contributed by atoms with Crippen LogP contribution in [-0.2, 0) is 6.54 Å². The van der Waals surface area contributed by atoms with Crippen molar-refractivity contribution in [2.24, 2.45) is 0 Å². The molecule has 0 radical (unpaired) electrons. The van der Waals surface area contributed by atoms with Gasteiger partial charge in [-0.2, -0.15) is 0 Å². The fourth-order valence-corrected chi connectivity index (χ4v) is 2.47. The van der Waals surface area contributed by atoms with Crippen LogP contribution in [0.1, 0.15) is 41.3 Å². The Morgan fingerprint density at radius 1 is 1.18 bits per heavy atom. The summed E-state index contributed by atoms with van der Waals surface area (Å²) in [5.74, 6) is 1.11. The Bertz CT molecular complexity index is 623. The molecular formula is C19H23NO2. The lowest BCUT2D eigenvalue weighted by Crippen LogP contribution is -2.19. The largest absolute Gasteiger partial charge is 0.496 e. The van der Waals surface area contributed by atoms with Gasteiger partial charge in [-0.25, -0.2) is 0 Å². The summed E-state index contributed by atoms with van der Waals surface area (Å²) in [5, 5.41) is 3.45. The van der Waals surface area contributed by atoms with Gasteiger partial charge in [-0.05, 0) is 36.1 Å². The van der Waals surface area contributed by atoms with Gasteiger partial charge >= 0.3 is 0 Å². The smallest absolute Gasteiger partial charge is 0.163 e. The number of ketones is 1. The first-order valence-electron chi connectivity index (χ1n) is 7.55. The number of ether oxygens (including phenoxy) is 1. The molecule has 1 N–H and O–H groups in total. The van der Waals surface area contributed by atoms with Gasteiger partial charge in [0.1, 0.15) is 5.75 Å². The van der Waals surface area contributed by atoms with Crippen molar-refractivity contribution in [2.45, 2.75) is 26.3 Å². The average molecular weight is 297 g/mol. The van der Waals surface area contributed by atoms with E-state index in [2.05, 4.69) is 36.5 Å². The first kappa shape index (κ1) is 16.2. The van der Waals surface area contributed by atoms with Crippen molar-refractivity contribution in [3.63, 3.8) is 0 Å². The lowest BCUT2D eigenvalue weighted by atomic mass is 10.0. The van der Waals surface area contributed by atoms with E-state index in [1.165, 1.54) is 5.56 Å². The molecule has 1 atom stereocenters. The zero-order chi connectivity index (χ0) is 15.9. The van der Waals surface area contributed by atoms with E-state index in [1.54, 1.807) is 14.0 Å². The molecule has 0 heterocycles. The highest BCUT2D eigenvalue weighted by molar-refractivity contribution is 5.97. The Kier molecular flexibility index (Phi) is 5.73. The van der Waals surface area contributed by atoms with Crippen LogP contribution in [0.3, 0.4) is 0 Å². The third kappa shape index (κ3) is 4.18. The van der Waals surface area contributed by atoms with E-state index in [0.717, 1.165) is 18.7 Å². The van der Waals surface area contributed by atoms with Crippen molar-refractivity contribution < 1.29 is 9.53 Å². The van der Waals surface area contributed by atoms with Crippen molar-refractivity contribution in [3.8, 4) is 5.75 Å². The van der Waals surface area contributed by atoms with E-state index in [1.807, 2.05) is 24.3 Å². The third-order valence-electron chi connectivity index (χ3n) is 3.79. The first-order chi connectivity index (χ1) is 10.6. The van der Waals surface area contributed by atoms with Gasteiger partial charge in [0.15, 0.2) is 5.78 Å². The molecule has 0 aromatic heterocycles. The zero-order valence-electron chi connectivity index (χ0n) is 13.4. The molecule has 0 fully saturated rings. The number of benzene rings is 2. The number of hydrogen-bond acceptors (Lipinski definition) is 3. The highest BCUT2D eigenvalue weighted by Crippen LogP contribution is 2.20. The Balaban J connectivity index is 1.94. The minimum Gasteiger partial charge on any atom is -0.496 e. The molecule has 22 heavy (non-hydrogen) atoms. The normalized spacial score (nSPS) is 12.0. The Labute approximate surface area is 132 Å². The fraction of sp³-hybridized carbons (Fsp3) is 0.316. The van der Waals surface area contributed by atoms with E-state index < -0.39 is 0 Å². The summed E-state index contributed by atoms with van der Waals surface area (Å²) in [6, 6.07) is 16.2. The second-order valence-corrected chi connectivity index (χ2v) is 5.53. The molecule has 2 aromatic rings. The van der Waals surface area contributed by atoms with Gasteiger partial charge in [-0.3, -0.25) is 4.79 Å². The summed E-state index contributed by atoms with van der Waals surface area (Å²) in [5.41, 5.74) is 3.05. The molecule has 0 saturated heterocycles. The molecule has 3 heteroatoms. The molecule has 2 aromatic carbocycles. The predicted molar refractivity (Wildman–Crippen MR) is 89.6 cm³/mol. The van der Waals surface area contributed by atoms with Crippen molar-refractivity contribution in [3.05, 3.63) is 65.2 Å². The summed E-state index contributed by atoms with van der Waals surface area (Å²) in [6.45, 7) is 5.40. The maximum Gasteiger partial charge on any atom is 0.163 e. The van der Waals surface area contributed by atoms with Crippen LogP contribution in [0.15, 0.2) is 48.5 Å². The van der Waals surface area contributed by atoms with Crippen molar-refractivity contribution in [1.82, 2.24) is 5.32 Å². The van der Waals surface area contributed by atoms with Gasteiger partial charge in [0, 0.05) is 13.1 Å². The van der Waals surface area contributed by atoms with Crippen LogP contribution >= 0.6 is 0 Å². The van der Waals surface area contributed by atoms with Crippen LogP contribution in [0.4, 0.5) is 0 Å². The summed E-state index contributed by atoms with van der Waals surface area (Å²) in [4.78, 5) is 11.6. The van der Waals surface area contributed by atoms with Gasteiger partial charge in [0.25, 0.3) is 0 Å². The number of hydrogen-bond donors (Lipinski definition) is 1. The van der Waals surface area contributed by atoms with Crippen LogP contribution in [0.2, 0.25) is 0 Å². The highest BCUT2D eigenvalue weighted by atomic mass is 16.5. The van der Waals surface area contributed by atoms with Gasteiger partial charge in [0.05, 0.1) is 12.7 Å². The Hall–Kier alpha value is -2.13. The van der Waals surface area contributed by atoms with E-state index in [4.69, 9.17) is 4.74 Å². The molecule has 0 aliphatic rings. The minimum atomic E-state index is 0.0244. The number of carbonyl (C=O) groups excluding carboxylic acids is 1. The maximum absolute atomic E-state index is 11.6. The zero-order valence-corrected chi connectivity index (χ0v) is 13.4. The van der Waals surface area contributed by atoms with Crippen LogP contribution in [0, 0.1) is 0 Å². The first-order valence-corrected chi connectivity index (χ1v) is 7.55. The van der Waals surface area contributed by atoms with Crippen LogP contribution in [-0.4, -0.2) is 19.4 Å². The lowest BCUT2D eigenvalue weighted by molar-refractivity contribution is 0.101. The monoisotopic (exact) mass is 297 g/mol. The molecule has 0 saturated carbocycles. The number of carbonyl (C=O) groups is 1. The molecule has 0 amide bonds. The number of methoxy groups -OCH3 is 1. The molecule has 116 valence electrons. The summed E-state index contributed by atoms with van der Waals surface area (Å²) in [6.07, 6.45) is 0. The summed E-state index contributed by atoms with van der Waals surface area (Å²) < 4.78 is 5.22. The van der Waals surface area contributed by atoms with Crippen molar-refractivity contribution in [1.29, 1.82) is 0 Å². The second kappa shape index (κ2) is 7.76. The number of Topliss-reactive ketones (excluding diaryl/α,β-unsaturated/α-hetero) is 1. The molecular weight excluding hydrogens is 274 g/mol. The summed E-state index contributed by atoms with van der Waals surface area (Å²) >= 11 is 0. The second-order valence-electron chi connectivity index (χ2n) is 5.53. The van der Waals surface area contributed by atoms with E-state index >= 15 is 0 Å². The van der Waals surface area contributed by atoms with E-state index in [9.17, 15) is 4.79 Å². The van der Waals surface area contributed by atoms with E-state index in [-0.39, 0.29) is 5.78 Å². The molecule has 0 aliphatic heterocycles. The molecule has 0 spiro atoms. The SMILES string of the molecule is COc1ccc(CNCC(C)c2ccccc2)cc1C(C)=O. The molecule has 0 aliphatic carbocycles. The lowest BCUT2D eigenvalue weighted by Gasteiger charge is -2.14. The van der Waals surface area contributed by atoms with Gasteiger partial charge in [0.2, 0.25) is 0 Å². The molecule has 1 unspecified atom stereocenters. The van der Waals surface area contributed by atoms with E-state index in [0.29, 0.717) is 17.2 Å². The Morgan fingerprint density at radius 2 is 1.91 bits per heavy atom. The topological polar surface area (TPSA) is 38.3 Å². The van der Waals surface area contributed by atoms with Gasteiger partial charge < -0.3 is 10.1 Å². The van der Waals surface area contributed by atoms with Crippen LogP contribution in [0.25, 0.3) is 0 Å². The van der Waals surface area contributed by atoms with Crippen LogP contribution < -0.4 is 10.1 Å². The van der Waals surface area contributed by atoms with Crippen molar-refractivity contribution in [2.75, 3.05) is 13.7 Å². The number of rotatable bonds is 7. The Morgan fingerprint density at radius 3 is 2.55 bits per heavy atom. The molecule has 2 rings (SSSR count). The van der Waals surface area contributed by atoms with Crippen molar-refractivity contribution >= 4 is 5.78 Å². The predicted octanol–water partition coefficient (Wildman–Crippen LogP) is 3.79. The fourth-order valence-electron chi connectivity index (χ4n) is 2.47. The average Bonchev–Trinajstić information content (AvgIpc) is 2.55. The van der Waals surface area contributed by atoms with Crippen LogP contribution in [0.5, 0.6) is 5.75 Å². The van der Waals surface area contributed by atoms with Gasteiger partial charge in [-0.15, -0.1) is 0 Å². The highest BCUT2D eigenvalue weighted by Gasteiger charge is 2.09. The third-order valence-corrected chi connectivity index (χ3v) is 3.79.